The minimum absolute atomic E-state index is 0.159. The molecule has 0 bridgehead atoms. The van der Waals surface area contributed by atoms with Gasteiger partial charge in [0.2, 0.25) is 0 Å². The number of aliphatic hydroxyl groups is 1. The highest BCUT2D eigenvalue weighted by Gasteiger charge is 2.36. The van der Waals surface area contributed by atoms with E-state index in [9.17, 15) is 9.90 Å². The van der Waals surface area contributed by atoms with Crippen molar-refractivity contribution in [2.24, 2.45) is 0 Å². The second kappa shape index (κ2) is 4.20. The van der Waals surface area contributed by atoms with Crippen molar-refractivity contribution in [1.82, 2.24) is 20.0 Å². The Bertz CT molecular complexity index is 849. The van der Waals surface area contributed by atoms with E-state index in [-0.39, 0.29) is 5.76 Å². The Morgan fingerprint density at radius 2 is 2.29 bits per heavy atom. The minimum atomic E-state index is -0.715. The number of H-pyrrole nitrogens is 1. The fraction of sp³-hybridized carbons (Fsp3) is 0.0714. The number of amides is 1. The van der Waals surface area contributed by atoms with Crippen LogP contribution in [0.25, 0.3) is 10.9 Å². The van der Waals surface area contributed by atoms with Crippen molar-refractivity contribution >= 4 is 22.5 Å². The summed E-state index contributed by atoms with van der Waals surface area (Å²) in [7, 11) is 0. The molecule has 4 rings (SSSR count). The first-order chi connectivity index (χ1) is 10.2. The van der Waals surface area contributed by atoms with Gasteiger partial charge in [0.25, 0.3) is 5.91 Å². The highest BCUT2D eigenvalue weighted by molar-refractivity contribution is 6.03. The molecule has 7 heteroatoms. The molecule has 1 aromatic carbocycles. The lowest BCUT2D eigenvalue weighted by molar-refractivity contribution is -0.114. The Hall–Kier alpha value is -3.09. The second-order valence-corrected chi connectivity index (χ2v) is 4.69. The van der Waals surface area contributed by atoms with Crippen molar-refractivity contribution in [3.63, 3.8) is 0 Å². The summed E-state index contributed by atoms with van der Waals surface area (Å²) < 4.78 is 1.50. The zero-order chi connectivity index (χ0) is 14.4. The van der Waals surface area contributed by atoms with E-state index in [4.69, 9.17) is 0 Å². The molecule has 1 aliphatic heterocycles. The SMILES string of the molecule is O=C1[C]=C(O)C(n2cccn2)N1c1ccc2cn[nH]c2c1. The fourth-order valence-electron chi connectivity index (χ4n) is 2.47. The summed E-state index contributed by atoms with van der Waals surface area (Å²) in [6.45, 7) is 0. The number of aromatic nitrogens is 4. The van der Waals surface area contributed by atoms with Gasteiger partial charge < -0.3 is 5.11 Å². The average molecular weight is 280 g/mol. The van der Waals surface area contributed by atoms with Crippen LogP contribution in [-0.4, -0.2) is 31.0 Å². The van der Waals surface area contributed by atoms with Crippen LogP contribution in [0.2, 0.25) is 0 Å². The first-order valence-corrected chi connectivity index (χ1v) is 6.32. The Labute approximate surface area is 119 Å². The largest absolute Gasteiger partial charge is 0.507 e. The van der Waals surface area contributed by atoms with Crippen LogP contribution in [-0.2, 0) is 4.79 Å². The van der Waals surface area contributed by atoms with Crippen LogP contribution in [0, 0.1) is 6.08 Å². The first-order valence-electron chi connectivity index (χ1n) is 6.32. The van der Waals surface area contributed by atoms with Crippen molar-refractivity contribution in [2.75, 3.05) is 4.90 Å². The first kappa shape index (κ1) is 11.7. The highest BCUT2D eigenvalue weighted by Crippen LogP contribution is 2.33. The van der Waals surface area contributed by atoms with E-state index in [1.807, 2.05) is 6.07 Å². The summed E-state index contributed by atoms with van der Waals surface area (Å²) in [6.07, 6.45) is 6.68. The molecule has 7 nitrogen and oxygen atoms in total. The second-order valence-electron chi connectivity index (χ2n) is 4.69. The molecule has 1 amide bonds. The Kier molecular flexibility index (Phi) is 2.34. The molecule has 1 aliphatic rings. The summed E-state index contributed by atoms with van der Waals surface area (Å²) in [5.41, 5.74) is 1.44. The van der Waals surface area contributed by atoms with Crippen molar-refractivity contribution in [3.8, 4) is 0 Å². The maximum atomic E-state index is 12.1. The maximum Gasteiger partial charge on any atom is 0.264 e. The van der Waals surface area contributed by atoms with Gasteiger partial charge in [-0.1, -0.05) is 0 Å². The van der Waals surface area contributed by atoms with Crippen LogP contribution >= 0.6 is 0 Å². The molecule has 2 aromatic heterocycles. The maximum absolute atomic E-state index is 12.1. The Morgan fingerprint density at radius 1 is 1.38 bits per heavy atom. The van der Waals surface area contributed by atoms with Crippen molar-refractivity contribution < 1.29 is 9.90 Å². The van der Waals surface area contributed by atoms with Gasteiger partial charge in [0, 0.05) is 23.5 Å². The highest BCUT2D eigenvalue weighted by atomic mass is 16.3. The summed E-state index contributed by atoms with van der Waals surface area (Å²) in [4.78, 5) is 13.6. The van der Waals surface area contributed by atoms with E-state index < -0.39 is 12.1 Å². The van der Waals surface area contributed by atoms with Gasteiger partial charge in [-0.25, -0.2) is 4.68 Å². The normalized spacial score (nSPS) is 18.5. The molecule has 1 unspecified atom stereocenters. The van der Waals surface area contributed by atoms with E-state index >= 15 is 0 Å². The molecule has 0 fully saturated rings. The molecule has 0 saturated heterocycles. The van der Waals surface area contributed by atoms with Gasteiger partial charge in [-0.3, -0.25) is 14.8 Å². The van der Waals surface area contributed by atoms with Crippen LogP contribution < -0.4 is 4.90 Å². The van der Waals surface area contributed by atoms with Crippen LogP contribution in [0.3, 0.4) is 0 Å². The standard InChI is InChI=1S/C14H10N5O2/c20-12-7-13(21)19(14(12)18-5-1-4-16-18)10-3-2-9-8-15-17-11(9)6-10/h1-6,8,14,20H,(H,15,17). The lowest BCUT2D eigenvalue weighted by atomic mass is 10.2. The quantitative estimate of drug-likeness (QED) is 0.745. The summed E-state index contributed by atoms with van der Waals surface area (Å²) >= 11 is 0. The molecule has 0 aliphatic carbocycles. The molecule has 0 saturated carbocycles. The van der Waals surface area contributed by atoms with Gasteiger partial charge in [0.1, 0.15) is 0 Å². The number of nitrogens with one attached hydrogen (secondary N) is 1. The number of carbonyl (C=O) groups excluding carboxylic acids is 1. The molecule has 1 radical (unpaired) electrons. The van der Waals surface area contributed by atoms with Gasteiger partial charge in [-0.2, -0.15) is 10.2 Å². The van der Waals surface area contributed by atoms with E-state index in [2.05, 4.69) is 21.4 Å². The number of carbonyl (C=O) groups is 1. The minimum Gasteiger partial charge on any atom is -0.507 e. The van der Waals surface area contributed by atoms with E-state index in [0.717, 1.165) is 10.9 Å². The molecular weight excluding hydrogens is 270 g/mol. The molecule has 3 heterocycles. The van der Waals surface area contributed by atoms with Crippen LogP contribution in [0.1, 0.15) is 6.17 Å². The van der Waals surface area contributed by atoms with Crippen LogP contribution in [0.4, 0.5) is 5.69 Å². The zero-order valence-electron chi connectivity index (χ0n) is 10.8. The number of anilines is 1. The molecule has 2 N–H and O–H groups in total. The predicted octanol–water partition coefficient (Wildman–Crippen LogP) is 1.55. The summed E-state index contributed by atoms with van der Waals surface area (Å²) in [5.74, 6) is -0.569. The summed E-state index contributed by atoms with van der Waals surface area (Å²) in [5, 5.41) is 21.9. The van der Waals surface area contributed by atoms with Crippen molar-refractivity contribution in [1.29, 1.82) is 0 Å². The van der Waals surface area contributed by atoms with Gasteiger partial charge in [-0.15, -0.1) is 0 Å². The Balaban J connectivity index is 1.83. The fourth-order valence-corrected chi connectivity index (χ4v) is 2.47. The molecule has 103 valence electrons. The third kappa shape index (κ3) is 1.71. The number of aromatic amines is 1. The molecule has 3 aromatic rings. The predicted molar refractivity (Wildman–Crippen MR) is 74.2 cm³/mol. The molecule has 1 atom stereocenters. The molecule has 0 spiro atoms. The number of hydrogen-bond donors (Lipinski definition) is 2. The monoisotopic (exact) mass is 280 g/mol. The van der Waals surface area contributed by atoms with E-state index in [1.165, 1.54) is 9.58 Å². The third-order valence-corrected chi connectivity index (χ3v) is 3.42. The van der Waals surface area contributed by atoms with E-state index in [1.54, 1.807) is 36.8 Å². The van der Waals surface area contributed by atoms with E-state index in [0.29, 0.717) is 5.69 Å². The van der Waals surface area contributed by atoms with Gasteiger partial charge in [0.15, 0.2) is 11.9 Å². The van der Waals surface area contributed by atoms with Gasteiger partial charge >= 0.3 is 0 Å². The number of rotatable bonds is 2. The molecular formula is C14H10N5O2. The zero-order valence-corrected chi connectivity index (χ0v) is 10.8. The average Bonchev–Trinajstić information content (AvgIpc) is 3.17. The number of aliphatic hydroxyl groups excluding tert-OH is 1. The summed E-state index contributed by atoms with van der Waals surface area (Å²) in [6, 6.07) is 7.19. The van der Waals surface area contributed by atoms with Crippen molar-refractivity contribution in [3.05, 3.63) is 54.7 Å². The van der Waals surface area contributed by atoms with Gasteiger partial charge in [-0.05, 0) is 24.3 Å². The lowest BCUT2D eigenvalue weighted by Crippen LogP contribution is -2.33. The third-order valence-electron chi connectivity index (χ3n) is 3.42. The van der Waals surface area contributed by atoms with Gasteiger partial charge in [0.05, 0.1) is 17.8 Å². The number of fused-ring (bicyclic) bond motifs is 1. The topological polar surface area (TPSA) is 87.0 Å². The lowest BCUT2D eigenvalue weighted by Gasteiger charge is -2.25. The Morgan fingerprint density at radius 3 is 3.10 bits per heavy atom. The number of nitrogens with zero attached hydrogens (tertiary/aromatic N) is 4. The smallest absolute Gasteiger partial charge is 0.264 e. The van der Waals surface area contributed by atoms with Crippen LogP contribution in [0.15, 0.2) is 48.6 Å². The number of hydrogen-bond acceptors (Lipinski definition) is 4. The molecule has 21 heavy (non-hydrogen) atoms. The van der Waals surface area contributed by atoms with Crippen molar-refractivity contribution in [2.45, 2.75) is 6.17 Å². The van der Waals surface area contributed by atoms with Crippen LogP contribution in [0.5, 0.6) is 0 Å². The number of benzene rings is 1.